The molecule has 0 amide bonds. The van der Waals surface area contributed by atoms with Crippen molar-refractivity contribution in [1.82, 2.24) is 0 Å². The van der Waals surface area contributed by atoms with Crippen molar-refractivity contribution in [2.75, 3.05) is 0 Å². The van der Waals surface area contributed by atoms with Crippen LogP contribution in [-0.2, 0) is 0 Å². The van der Waals surface area contributed by atoms with E-state index in [1.54, 1.807) is 6.07 Å². The summed E-state index contributed by atoms with van der Waals surface area (Å²) in [6, 6.07) is 4.58. The van der Waals surface area contributed by atoms with Crippen molar-refractivity contribution in [3.63, 3.8) is 0 Å². The van der Waals surface area contributed by atoms with Crippen LogP contribution in [0.15, 0.2) is 24.2 Å². The van der Waals surface area contributed by atoms with Gasteiger partial charge in [-0.05, 0) is 6.04 Å². The molecule has 0 unspecified atom stereocenters. The molecular formula is C8H6O2. The molecule has 0 saturated carbocycles. The van der Waals surface area contributed by atoms with Gasteiger partial charge in [0.15, 0.2) is 0 Å². The standard InChI is InChI=1S/C8H6O2/c9-5-7-2-1-3-8(4-7)6-10/h1-6H/i4D. The van der Waals surface area contributed by atoms with Crippen molar-refractivity contribution in [2.24, 2.45) is 0 Å². The Morgan fingerprint density at radius 2 is 1.70 bits per heavy atom. The summed E-state index contributed by atoms with van der Waals surface area (Å²) in [5, 5.41) is 0. The molecule has 0 saturated heterocycles. The van der Waals surface area contributed by atoms with Gasteiger partial charge in [0.1, 0.15) is 12.6 Å². The van der Waals surface area contributed by atoms with Gasteiger partial charge < -0.3 is 0 Å². The smallest absolute Gasteiger partial charge is 0.150 e. The fourth-order valence-corrected chi connectivity index (χ4v) is 0.643. The number of hydrogen-bond donors (Lipinski definition) is 0. The second-order valence-electron chi connectivity index (χ2n) is 1.80. The monoisotopic (exact) mass is 135 g/mol. The molecule has 1 rings (SSSR count). The van der Waals surface area contributed by atoms with Crippen LogP contribution in [0.1, 0.15) is 22.1 Å². The van der Waals surface area contributed by atoms with E-state index >= 15 is 0 Å². The van der Waals surface area contributed by atoms with Crippen LogP contribution in [0.2, 0.25) is 0 Å². The topological polar surface area (TPSA) is 34.1 Å². The fourth-order valence-electron chi connectivity index (χ4n) is 0.643. The minimum absolute atomic E-state index is 0.00231. The number of hydrogen-bond acceptors (Lipinski definition) is 2. The van der Waals surface area contributed by atoms with E-state index in [9.17, 15) is 9.59 Å². The highest BCUT2D eigenvalue weighted by molar-refractivity contribution is 5.81. The maximum absolute atomic E-state index is 10.3. The number of benzene rings is 1. The van der Waals surface area contributed by atoms with Gasteiger partial charge in [-0.1, -0.05) is 18.2 Å². The number of aldehydes is 2. The van der Waals surface area contributed by atoms with Crippen LogP contribution in [-0.4, -0.2) is 12.6 Å². The zero-order valence-electron chi connectivity index (χ0n) is 6.20. The fraction of sp³-hybridized carbons (Fsp3) is 0. The van der Waals surface area contributed by atoms with E-state index in [4.69, 9.17) is 1.37 Å². The van der Waals surface area contributed by atoms with Crippen molar-refractivity contribution < 1.29 is 11.0 Å². The molecule has 0 aliphatic rings. The highest BCUT2D eigenvalue weighted by Crippen LogP contribution is 1.99. The van der Waals surface area contributed by atoms with Crippen LogP contribution in [0.25, 0.3) is 0 Å². The second-order valence-corrected chi connectivity index (χ2v) is 1.80. The van der Waals surface area contributed by atoms with Gasteiger partial charge in [0.05, 0.1) is 1.37 Å². The summed E-state index contributed by atoms with van der Waals surface area (Å²) < 4.78 is 7.28. The van der Waals surface area contributed by atoms with Crippen molar-refractivity contribution in [2.45, 2.75) is 0 Å². The third-order valence-electron chi connectivity index (χ3n) is 1.09. The maximum Gasteiger partial charge on any atom is 0.150 e. The third kappa shape index (κ3) is 1.29. The van der Waals surface area contributed by atoms with E-state index in [2.05, 4.69) is 0 Å². The molecule has 0 N–H and O–H groups in total. The molecule has 0 radical (unpaired) electrons. The van der Waals surface area contributed by atoms with Crippen molar-refractivity contribution in [3.05, 3.63) is 35.4 Å². The molecule has 10 heavy (non-hydrogen) atoms. The largest absolute Gasteiger partial charge is 0.298 e. The second kappa shape index (κ2) is 2.92. The molecule has 0 aromatic heterocycles. The highest BCUT2D eigenvalue weighted by atomic mass is 16.1. The third-order valence-corrected chi connectivity index (χ3v) is 1.09. The molecule has 0 heterocycles. The highest BCUT2D eigenvalue weighted by Gasteiger charge is 1.90. The van der Waals surface area contributed by atoms with Gasteiger partial charge in [-0.15, -0.1) is 0 Å². The van der Waals surface area contributed by atoms with Gasteiger partial charge in [-0.3, -0.25) is 9.59 Å². The first-order valence-corrected chi connectivity index (χ1v) is 2.79. The summed E-state index contributed by atoms with van der Waals surface area (Å²) in [4.78, 5) is 20.5. The van der Waals surface area contributed by atoms with Gasteiger partial charge >= 0.3 is 0 Å². The summed E-state index contributed by atoms with van der Waals surface area (Å²) in [6.07, 6.45) is 1.13. The lowest BCUT2D eigenvalue weighted by molar-refractivity contribution is 0.112. The molecule has 1 aromatic rings. The first-order chi connectivity index (χ1) is 5.29. The van der Waals surface area contributed by atoms with Crippen LogP contribution in [0.4, 0.5) is 0 Å². The van der Waals surface area contributed by atoms with E-state index < -0.39 is 0 Å². The Bertz CT molecular complexity index is 268. The van der Waals surface area contributed by atoms with E-state index in [0.29, 0.717) is 12.6 Å². The maximum atomic E-state index is 10.3. The predicted octanol–water partition coefficient (Wildman–Crippen LogP) is 1.31. The first kappa shape index (κ1) is 5.35. The number of rotatable bonds is 2. The minimum atomic E-state index is -0.00231. The summed E-state index contributed by atoms with van der Waals surface area (Å²) in [5.74, 6) is 0. The summed E-state index contributed by atoms with van der Waals surface area (Å²) in [5.41, 5.74) is 0.490. The molecule has 1 aromatic carbocycles. The first-order valence-electron chi connectivity index (χ1n) is 3.29. The Labute approximate surface area is 59.9 Å². The number of carbonyl (C=O) groups is 2. The summed E-state index contributed by atoms with van der Waals surface area (Å²) in [7, 11) is 0. The average Bonchev–Trinajstić information content (AvgIpc) is 2.05. The van der Waals surface area contributed by atoms with E-state index in [-0.39, 0.29) is 17.2 Å². The molecule has 2 heteroatoms. The Kier molecular flexibility index (Phi) is 1.56. The van der Waals surface area contributed by atoms with Crippen LogP contribution < -0.4 is 0 Å². The van der Waals surface area contributed by atoms with Crippen molar-refractivity contribution >= 4 is 12.6 Å². The normalized spacial score (nSPS) is 10.2. The molecule has 0 fully saturated rings. The van der Waals surface area contributed by atoms with Crippen LogP contribution in [0.3, 0.4) is 0 Å². The van der Waals surface area contributed by atoms with Crippen molar-refractivity contribution in [1.29, 1.82) is 0 Å². The molecule has 50 valence electrons. The van der Waals surface area contributed by atoms with Crippen LogP contribution in [0, 0.1) is 0 Å². The lowest BCUT2D eigenvalue weighted by atomic mass is 10.2. The van der Waals surface area contributed by atoms with Gasteiger partial charge in [-0.25, -0.2) is 0 Å². The van der Waals surface area contributed by atoms with E-state index in [1.807, 2.05) is 0 Å². The number of carbonyl (C=O) groups excluding carboxylic acids is 2. The molecule has 0 spiro atoms. The lowest BCUT2D eigenvalue weighted by Crippen LogP contribution is -1.82. The van der Waals surface area contributed by atoms with E-state index in [1.165, 1.54) is 12.1 Å². The Morgan fingerprint density at radius 1 is 1.20 bits per heavy atom. The SMILES string of the molecule is [2H]c1c(C=O)cccc1C=O. The average molecular weight is 135 g/mol. The quantitative estimate of drug-likeness (QED) is 0.573. The zero-order valence-corrected chi connectivity index (χ0v) is 5.20. The van der Waals surface area contributed by atoms with Gasteiger partial charge in [-0.2, -0.15) is 0 Å². The van der Waals surface area contributed by atoms with Crippen LogP contribution >= 0.6 is 0 Å². The van der Waals surface area contributed by atoms with E-state index in [0.717, 1.165) is 0 Å². The van der Waals surface area contributed by atoms with Gasteiger partial charge in [0.2, 0.25) is 0 Å². The van der Waals surface area contributed by atoms with Crippen molar-refractivity contribution in [3.8, 4) is 0 Å². The predicted molar refractivity (Wildman–Crippen MR) is 37.2 cm³/mol. The van der Waals surface area contributed by atoms with Crippen LogP contribution in [0.5, 0.6) is 0 Å². The molecule has 0 atom stereocenters. The summed E-state index contributed by atoms with van der Waals surface area (Å²) >= 11 is 0. The molecular weight excluding hydrogens is 128 g/mol. The molecule has 0 bridgehead atoms. The lowest BCUT2D eigenvalue weighted by Gasteiger charge is -1.89. The van der Waals surface area contributed by atoms with Gasteiger partial charge in [0, 0.05) is 11.1 Å². The Morgan fingerprint density at radius 3 is 2.10 bits per heavy atom. The zero-order chi connectivity index (χ0) is 8.27. The van der Waals surface area contributed by atoms with Gasteiger partial charge in [0.25, 0.3) is 0 Å². The minimum Gasteiger partial charge on any atom is -0.298 e. The summed E-state index contributed by atoms with van der Waals surface area (Å²) in [6.45, 7) is 0. The molecule has 0 aliphatic heterocycles. The Balaban J connectivity index is 3.30. The molecule has 2 nitrogen and oxygen atoms in total. The molecule has 0 aliphatic carbocycles. The Hall–Kier alpha value is -1.44.